The Morgan fingerprint density at radius 2 is 2.00 bits per heavy atom. The summed E-state index contributed by atoms with van der Waals surface area (Å²) in [5.74, 6) is 2.32. The van der Waals surface area contributed by atoms with E-state index in [1.54, 1.807) is 13.3 Å². The van der Waals surface area contributed by atoms with Crippen molar-refractivity contribution in [2.75, 3.05) is 19.2 Å². The summed E-state index contributed by atoms with van der Waals surface area (Å²) in [6, 6.07) is 17.6. The van der Waals surface area contributed by atoms with Gasteiger partial charge in [-0.2, -0.15) is 0 Å². The number of methoxy groups -OCH3 is 1. The number of ether oxygens (including phenoxy) is 3. The maximum absolute atomic E-state index is 5.52. The Balaban J connectivity index is 1.59. The van der Waals surface area contributed by atoms with Crippen LogP contribution in [0.4, 0.5) is 5.69 Å². The third-order valence-corrected chi connectivity index (χ3v) is 4.90. The summed E-state index contributed by atoms with van der Waals surface area (Å²) in [5.41, 5.74) is 3.98. The first-order valence-corrected chi connectivity index (χ1v) is 9.04. The molecule has 2 aromatic heterocycles. The fourth-order valence-corrected chi connectivity index (χ4v) is 3.50. The van der Waals surface area contributed by atoms with E-state index in [9.17, 15) is 0 Å². The number of H-pyrrole nitrogens is 1. The quantitative estimate of drug-likeness (QED) is 0.539. The lowest BCUT2D eigenvalue weighted by Gasteiger charge is -2.20. The zero-order chi connectivity index (χ0) is 18.9. The van der Waals surface area contributed by atoms with E-state index in [4.69, 9.17) is 14.2 Å². The van der Waals surface area contributed by atoms with E-state index in [-0.39, 0.29) is 12.8 Å². The van der Waals surface area contributed by atoms with Crippen molar-refractivity contribution in [3.8, 4) is 17.2 Å². The van der Waals surface area contributed by atoms with Crippen molar-refractivity contribution >= 4 is 16.6 Å². The van der Waals surface area contributed by atoms with Gasteiger partial charge in [0.1, 0.15) is 5.75 Å². The van der Waals surface area contributed by atoms with Crippen molar-refractivity contribution in [2.24, 2.45) is 0 Å². The number of pyridine rings is 1. The maximum Gasteiger partial charge on any atom is 0.231 e. The average molecular weight is 373 g/mol. The van der Waals surface area contributed by atoms with E-state index in [0.29, 0.717) is 0 Å². The normalized spacial score (nSPS) is 13.5. The minimum atomic E-state index is -0.151. The standard InChI is InChI=1S/C22H19N3O3/c1-26-15-6-7-18-16(11-15)17(12-24-18)22(19-4-2-3-9-23-19)25-14-5-8-20-21(10-14)28-13-27-20/h2-12,22,24-25H,13H2,1H3. The Kier molecular flexibility index (Phi) is 4.01. The van der Waals surface area contributed by atoms with Crippen LogP contribution in [-0.2, 0) is 0 Å². The number of benzene rings is 2. The van der Waals surface area contributed by atoms with Crippen LogP contribution in [0.3, 0.4) is 0 Å². The predicted molar refractivity (Wildman–Crippen MR) is 107 cm³/mol. The third-order valence-electron chi connectivity index (χ3n) is 4.90. The minimum absolute atomic E-state index is 0.151. The van der Waals surface area contributed by atoms with Gasteiger partial charge >= 0.3 is 0 Å². The molecule has 1 atom stereocenters. The van der Waals surface area contributed by atoms with E-state index >= 15 is 0 Å². The number of aromatic nitrogens is 2. The number of fused-ring (bicyclic) bond motifs is 2. The van der Waals surface area contributed by atoms with Gasteiger partial charge in [-0.25, -0.2) is 0 Å². The van der Waals surface area contributed by atoms with Gasteiger partial charge in [-0.15, -0.1) is 0 Å². The van der Waals surface area contributed by atoms with Crippen LogP contribution < -0.4 is 19.5 Å². The molecule has 6 heteroatoms. The molecule has 0 spiro atoms. The summed E-state index contributed by atoms with van der Waals surface area (Å²) in [5, 5.41) is 4.68. The number of nitrogens with one attached hydrogen (secondary N) is 2. The monoisotopic (exact) mass is 373 g/mol. The molecule has 0 radical (unpaired) electrons. The predicted octanol–water partition coefficient (Wildman–Crippen LogP) is 4.50. The Morgan fingerprint density at radius 1 is 1.07 bits per heavy atom. The van der Waals surface area contributed by atoms with Crippen molar-refractivity contribution in [1.29, 1.82) is 0 Å². The number of hydrogen-bond donors (Lipinski definition) is 2. The minimum Gasteiger partial charge on any atom is -0.497 e. The van der Waals surface area contributed by atoms with Crippen LogP contribution in [0, 0.1) is 0 Å². The van der Waals surface area contributed by atoms with Crippen LogP contribution in [0.5, 0.6) is 17.2 Å². The Bertz CT molecular complexity index is 1120. The van der Waals surface area contributed by atoms with Crippen molar-refractivity contribution in [3.63, 3.8) is 0 Å². The first kappa shape index (κ1) is 16.5. The van der Waals surface area contributed by atoms with E-state index in [1.807, 2.05) is 60.8 Å². The zero-order valence-corrected chi connectivity index (χ0v) is 15.3. The molecule has 0 fully saturated rings. The molecule has 5 rings (SSSR count). The Morgan fingerprint density at radius 3 is 2.86 bits per heavy atom. The van der Waals surface area contributed by atoms with E-state index in [1.165, 1.54) is 0 Å². The highest BCUT2D eigenvalue weighted by atomic mass is 16.7. The zero-order valence-electron chi connectivity index (χ0n) is 15.3. The van der Waals surface area contributed by atoms with Crippen molar-refractivity contribution < 1.29 is 14.2 Å². The molecule has 0 aliphatic carbocycles. The third kappa shape index (κ3) is 2.89. The molecule has 1 aliphatic rings. The van der Waals surface area contributed by atoms with Gasteiger partial charge in [-0.1, -0.05) is 6.07 Å². The molecule has 0 saturated heterocycles. The van der Waals surface area contributed by atoms with E-state index in [2.05, 4.69) is 15.3 Å². The fourth-order valence-electron chi connectivity index (χ4n) is 3.50. The molecule has 2 aromatic carbocycles. The summed E-state index contributed by atoms with van der Waals surface area (Å²) in [6.45, 7) is 0.255. The molecule has 6 nitrogen and oxygen atoms in total. The molecular formula is C22H19N3O3. The van der Waals surface area contributed by atoms with Gasteiger partial charge in [0.15, 0.2) is 11.5 Å². The van der Waals surface area contributed by atoms with Crippen LogP contribution in [-0.4, -0.2) is 23.9 Å². The highest BCUT2D eigenvalue weighted by Crippen LogP contribution is 2.37. The molecule has 0 amide bonds. The second-order valence-corrected chi connectivity index (χ2v) is 6.56. The van der Waals surface area contributed by atoms with Crippen molar-refractivity contribution in [1.82, 2.24) is 9.97 Å². The van der Waals surface area contributed by atoms with E-state index in [0.717, 1.165) is 45.1 Å². The van der Waals surface area contributed by atoms with Gasteiger partial charge in [-0.3, -0.25) is 4.98 Å². The molecule has 28 heavy (non-hydrogen) atoms. The van der Waals surface area contributed by atoms with Gasteiger partial charge in [0.05, 0.1) is 18.8 Å². The summed E-state index contributed by atoms with van der Waals surface area (Å²) < 4.78 is 16.4. The van der Waals surface area contributed by atoms with Crippen LogP contribution in [0.25, 0.3) is 10.9 Å². The first-order chi connectivity index (χ1) is 13.8. The van der Waals surface area contributed by atoms with Crippen LogP contribution in [0.1, 0.15) is 17.3 Å². The molecule has 0 bridgehead atoms. The lowest BCUT2D eigenvalue weighted by molar-refractivity contribution is 0.174. The molecule has 140 valence electrons. The fraction of sp³-hybridized carbons (Fsp3) is 0.136. The number of rotatable bonds is 5. The average Bonchev–Trinajstić information content (AvgIpc) is 3.38. The van der Waals surface area contributed by atoms with Gasteiger partial charge < -0.3 is 24.5 Å². The van der Waals surface area contributed by atoms with Gasteiger partial charge in [0.2, 0.25) is 6.79 Å². The summed E-state index contributed by atoms with van der Waals surface area (Å²) in [7, 11) is 1.68. The Hall–Kier alpha value is -3.67. The summed E-state index contributed by atoms with van der Waals surface area (Å²) in [4.78, 5) is 7.94. The van der Waals surface area contributed by atoms with Gasteiger partial charge in [0.25, 0.3) is 0 Å². The van der Waals surface area contributed by atoms with Gasteiger partial charge in [-0.05, 0) is 42.5 Å². The molecule has 3 heterocycles. The highest BCUT2D eigenvalue weighted by molar-refractivity contribution is 5.86. The SMILES string of the molecule is COc1ccc2[nH]cc(C(Nc3ccc4c(c3)OCO4)c3ccccn3)c2c1. The molecule has 0 saturated carbocycles. The van der Waals surface area contributed by atoms with E-state index < -0.39 is 0 Å². The van der Waals surface area contributed by atoms with Crippen LogP contribution in [0.2, 0.25) is 0 Å². The van der Waals surface area contributed by atoms with Crippen molar-refractivity contribution in [3.05, 3.63) is 78.2 Å². The van der Waals surface area contributed by atoms with Crippen LogP contribution >= 0.6 is 0 Å². The lowest BCUT2D eigenvalue weighted by atomic mass is 10.0. The van der Waals surface area contributed by atoms with Gasteiger partial charge in [0, 0.05) is 40.6 Å². The topological polar surface area (TPSA) is 68.4 Å². The molecule has 1 aliphatic heterocycles. The molecular weight excluding hydrogens is 354 g/mol. The van der Waals surface area contributed by atoms with Crippen molar-refractivity contribution in [2.45, 2.75) is 6.04 Å². The number of anilines is 1. The highest BCUT2D eigenvalue weighted by Gasteiger charge is 2.21. The Labute approximate surface area is 162 Å². The van der Waals surface area contributed by atoms with Crippen LogP contribution in [0.15, 0.2) is 67.0 Å². The summed E-state index contributed by atoms with van der Waals surface area (Å²) in [6.07, 6.45) is 3.82. The number of nitrogens with zero attached hydrogens (tertiary/aromatic N) is 1. The summed E-state index contributed by atoms with van der Waals surface area (Å²) >= 11 is 0. The first-order valence-electron chi connectivity index (χ1n) is 9.04. The molecule has 4 aromatic rings. The second kappa shape index (κ2) is 6.81. The molecule has 2 N–H and O–H groups in total. The lowest BCUT2D eigenvalue weighted by Crippen LogP contribution is -2.13. The number of aromatic amines is 1. The maximum atomic E-state index is 5.52. The smallest absolute Gasteiger partial charge is 0.231 e. The second-order valence-electron chi connectivity index (χ2n) is 6.56. The number of hydrogen-bond acceptors (Lipinski definition) is 5. The largest absolute Gasteiger partial charge is 0.497 e. The molecule has 1 unspecified atom stereocenters.